The predicted molar refractivity (Wildman–Crippen MR) is 79.6 cm³/mol. The molecular weight excluding hydrogens is 308 g/mol. The number of H-pyrrole nitrogens is 1. The fourth-order valence-electron chi connectivity index (χ4n) is 1.99. The number of aromatic nitrogens is 2. The maximum atomic E-state index is 12.7. The van der Waals surface area contributed by atoms with Crippen LogP contribution in [0, 0.1) is 10.1 Å². The Morgan fingerprint density at radius 3 is 2.50 bits per heavy atom. The van der Waals surface area contributed by atoms with Crippen LogP contribution in [0.15, 0.2) is 41.6 Å². The summed E-state index contributed by atoms with van der Waals surface area (Å²) in [7, 11) is -3.71. The second-order valence-electron chi connectivity index (χ2n) is 4.70. The molecule has 9 heteroatoms. The topological polar surface area (TPSA) is 109 Å². The van der Waals surface area contributed by atoms with Crippen LogP contribution in [0.4, 0.5) is 5.69 Å². The zero-order chi connectivity index (χ0) is 16.2. The van der Waals surface area contributed by atoms with Gasteiger partial charge < -0.3 is 0 Å². The van der Waals surface area contributed by atoms with Crippen LogP contribution in [-0.2, 0) is 16.6 Å². The number of benzene rings is 1. The smallest absolute Gasteiger partial charge is 0.269 e. The average Bonchev–Trinajstić information content (AvgIpc) is 3.00. The molecule has 1 heterocycles. The van der Waals surface area contributed by atoms with E-state index in [0.717, 1.165) is 5.56 Å². The minimum Gasteiger partial charge on any atom is -0.285 e. The Kier molecular flexibility index (Phi) is 4.88. The highest BCUT2D eigenvalue weighted by atomic mass is 32.2. The second-order valence-corrected chi connectivity index (χ2v) is 6.63. The number of nitro benzene ring substituents is 1. The Bertz CT molecular complexity index is 726. The Morgan fingerprint density at radius 2 is 2.00 bits per heavy atom. The summed E-state index contributed by atoms with van der Waals surface area (Å²) < 4.78 is 26.6. The molecule has 0 saturated carbocycles. The van der Waals surface area contributed by atoms with Gasteiger partial charge in [-0.25, -0.2) is 8.42 Å². The summed E-state index contributed by atoms with van der Waals surface area (Å²) in [6.45, 7) is 2.43. The molecule has 0 aliphatic carbocycles. The summed E-state index contributed by atoms with van der Waals surface area (Å²) in [6, 6.07) is 4.89. The van der Waals surface area contributed by atoms with Crippen LogP contribution >= 0.6 is 0 Å². The Balaban J connectivity index is 2.29. The standard InChI is InChI=1S/C13H16N4O4S/c1-2-7-16(10-11-8-14-15-9-11)22(20,21)13-5-3-12(4-6-13)17(18)19/h3-6,8-9H,2,7,10H2,1H3,(H,14,15). The Labute approximate surface area is 128 Å². The molecule has 8 nitrogen and oxygen atoms in total. The first kappa shape index (κ1) is 16.1. The van der Waals surface area contributed by atoms with Crippen molar-refractivity contribution in [1.82, 2.24) is 14.5 Å². The first-order valence-electron chi connectivity index (χ1n) is 6.67. The van der Waals surface area contributed by atoms with Crippen molar-refractivity contribution in [2.45, 2.75) is 24.8 Å². The lowest BCUT2D eigenvalue weighted by Gasteiger charge is -2.21. The van der Waals surface area contributed by atoms with Gasteiger partial charge in [0.15, 0.2) is 0 Å². The molecule has 1 aromatic carbocycles. The van der Waals surface area contributed by atoms with E-state index >= 15 is 0 Å². The Morgan fingerprint density at radius 1 is 1.32 bits per heavy atom. The van der Waals surface area contributed by atoms with E-state index in [1.54, 1.807) is 12.4 Å². The van der Waals surface area contributed by atoms with Gasteiger partial charge in [0.05, 0.1) is 16.0 Å². The highest BCUT2D eigenvalue weighted by Gasteiger charge is 2.24. The highest BCUT2D eigenvalue weighted by Crippen LogP contribution is 2.21. The van der Waals surface area contributed by atoms with E-state index in [1.807, 2.05) is 6.92 Å². The van der Waals surface area contributed by atoms with Crippen molar-refractivity contribution < 1.29 is 13.3 Å². The summed E-state index contributed by atoms with van der Waals surface area (Å²) in [5, 5.41) is 17.1. The number of nitrogens with zero attached hydrogens (tertiary/aromatic N) is 3. The van der Waals surface area contributed by atoms with Crippen LogP contribution in [0.5, 0.6) is 0 Å². The molecule has 22 heavy (non-hydrogen) atoms. The molecule has 1 aromatic heterocycles. The van der Waals surface area contributed by atoms with Crippen LogP contribution in [0.25, 0.3) is 0 Å². The molecule has 2 aromatic rings. The lowest BCUT2D eigenvalue weighted by Crippen LogP contribution is -2.31. The molecule has 1 N–H and O–H groups in total. The summed E-state index contributed by atoms with van der Waals surface area (Å²) in [5.41, 5.74) is 0.606. The van der Waals surface area contributed by atoms with Gasteiger partial charge in [-0.2, -0.15) is 9.40 Å². The maximum Gasteiger partial charge on any atom is 0.269 e. The molecule has 0 radical (unpaired) electrons. The molecule has 2 rings (SSSR count). The number of sulfonamides is 1. The first-order chi connectivity index (χ1) is 10.4. The van der Waals surface area contributed by atoms with Crippen molar-refractivity contribution in [3.63, 3.8) is 0 Å². The van der Waals surface area contributed by atoms with E-state index in [0.29, 0.717) is 13.0 Å². The SMILES string of the molecule is CCCN(Cc1cn[nH]c1)S(=O)(=O)c1ccc([N+](=O)[O-])cc1. The summed E-state index contributed by atoms with van der Waals surface area (Å²) in [5.74, 6) is 0. The van der Waals surface area contributed by atoms with E-state index in [4.69, 9.17) is 0 Å². The lowest BCUT2D eigenvalue weighted by atomic mass is 10.3. The molecule has 0 unspecified atom stereocenters. The zero-order valence-electron chi connectivity index (χ0n) is 12.0. The third kappa shape index (κ3) is 3.49. The van der Waals surface area contributed by atoms with Gasteiger partial charge in [0.2, 0.25) is 10.0 Å². The number of nitrogens with one attached hydrogen (secondary N) is 1. The van der Waals surface area contributed by atoms with Crippen LogP contribution in [-0.4, -0.2) is 34.4 Å². The summed E-state index contributed by atoms with van der Waals surface area (Å²) >= 11 is 0. The normalized spacial score (nSPS) is 11.7. The molecule has 118 valence electrons. The lowest BCUT2D eigenvalue weighted by molar-refractivity contribution is -0.384. The van der Waals surface area contributed by atoms with Crippen LogP contribution in [0.2, 0.25) is 0 Å². The van der Waals surface area contributed by atoms with Crippen molar-refractivity contribution in [3.05, 3.63) is 52.3 Å². The van der Waals surface area contributed by atoms with Crippen molar-refractivity contribution in [1.29, 1.82) is 0 Å². The minimum atomic E-state index is -3.71. The number of hydrogen-bond acceptors (Lipinski definition) is 5. The van der Waals surface area contributed by atoms with Crippen LogP contribution in [0.1, 0.15) is 18.9 Å². The molecule has 0 atom stereocenters. The van der Waals surface area contributed by atoms with Crippen molar-refractivity contribution in [2.75, 3.05) is 6.54 Å². The number of hydrogen-bond donors (Lipinski definition) is 1. The number of nitro groups is 1. The molecule has 0 fully saturated rings. The van der Waals surface area contributed by atoms with Gasteiger partial charge in [0, 0.05) is 37.0 Å². The quantitative estimate of drug-likeness (QED) is 0.618. The van der Waals surface area contributed by atoms with Gasteiger partial charge in [-0.15, -0.1) is 0 Å². The van der Waals surface area contributed by atoms with Crippen molar-refractivity contribution >= 4 is 15.7 Å². The van der Waals surface area contributed by atoms with Crippen LogP contribution < -0.4 is 0 Å². The molecule has 0 spiro atoms. The largest absolute Gasteiger partial charge is 0.285 e. The van der Waals surface area contributed by atoms with Gasteiger partial charge in [-0.1, -0.05) is 6.92 Å². The van der Waals surface area contributed by atoms with Gasteiger partial charge in [0.25, 0.3) is 5.69 Å². The predicted octanol–water partition coefficient (Wildman–Crippen LogP) is 1.92. The molecule has 0 aliphatic heterocycles. The fourth-order valence-corrected chi connectivity index (χ4v) is 3.51. The maximum absolute atomic E-state index is 12.7. The monoisotopic (exact) mass is 324 g/mol. The van der Waals surface area contributed by atoms with Gasteiger partial charge in [-0.3, -0.25) is 15.2 Å². The van der Waals surface area contributed by atoms with Gasteiger partial charge in [-0.05, 0) is 18.6 Å². The average molecular weight is 324 g/mol. The molecule has 0 amide bonds. The van der Waals surface area contributed by atoms with E-state index in [-0.39, 0.29) is 17.1 Å². The van der Waals surface area contributed by atoms with E-state index in [2.05, 4.69) is 10.2 Å². The van der Waals surface area contributed by atoms with Crippen molar-refractivity contribution in [3.8, 4) is 0 Å². The van der Waals surface area contributed by atoms with E-state index < -0.39 is 14.9 Å². The van der Waals surface area contributed by atoms with Crippen LogP contribution in [0.3, 0.4) is 0 Å². The number of non-ortho nitro benzene ring substituents is 1. The molecule has 0 bridgehead atoms. The Hall–Kier alpha value is -2.26. The third-order valence-corrected chi connectivity index (χ3v) is 4.93. The second kappa shape index (κ2) is 6.67. The number of aromatic amines is 1. The highest BCUT2D eigenvalue weighted by molar-refractivity contribution is 7.89. The van der Waals surface area contributed by atoms with Gasteiger partial charge in [0.1, 0.15) is 0 Å². The molecule has 0 aliphatic rings. The first-order valence-corrected chi connectivity index (χ1v) is 8.11. The van der Waals surface area contributed by atoms with Gasteiger partial charge >= 0.3 is 0 Å². The molecule has 0 saturated heterocycles. The summed E-state index contributed by atoms with van der Waals surface area (Å²) in [4.78, 5) is 10.1. The van der Waals surface area contributed by atoms with E-state index in [9.17, 15) is 18.5 Å². The molecular formula is C13H16N4O4S. The zero-order valence-corrected chi connectivity index (χ0v) is 12.8. The summed E-state index contributed by atoms with van der Waals surface area (Å²) in [6.07, 6.45) is 3.85. The van der Waals surface area contributed by atoms with E-state index in [1.165, 1.54) is 28.6 Å². The number of rotatable bonds is 7. The minimum absolute atomic E-state index is 0.0371. The third-order valence-electron chi connectivity index (χ3n) is 3.07. The van der Waals surface area contributed by atoms with Crippen molar-refractivity contribution in [2.24, 2.45) is 0 Å². The fraction of sp³-hybridized carbons (Fsp3) is 0.308.